The average molecular weight is 301 g/mol. The molecule has 90 valence electrons. The zero-order valence-corrected chi connectivity index (χ0v) is 11.7. The van der Waals surface area contributed by atoms with Crippen molar-refractivity contribution in [3.8, 4) is 0 Å². The minimum Gasteiger partial charge on any atom is -0.198 e. The van der Waals surface area contributed by atoms with Gasteiger partial charge < -0.3 is 0 Å². The number of alkyl halides is 1. The van der Waals surface area contributed by atoms with Crippen LogP contribution >= 0.6 is 15.9 Å². The van der Waals surface area contributed by atoms with Gasteiger partial charge in [0.2, 0.25) is 0 Å². The fourth-order valence-corrected chi connectivity index (χ4v) is 4.81. The monoisotopic (exact) mass is 300 g/mol. The van der Waals surface area contributed by atoms with Gasteiger partial charge in [-0.1, -0.05) is 52.3 Å². The van der Waals surface area contributed by atoms with Crippen LogP contribution in [0.1, 0.15) is 30.1 Å². The van der Waals surface area contributed by atoms with Crippen LogP contribution in [0.25, 0.3) is 0 Å². The largest absolute Gasteiger partial charge is 0.198 e. The summed E-state index contributed by atoms with van der Waals surface area (Å²) < 4.78 is 2.47. The molecule has 0 radical (unpaired) electrons. The number of benzene rings is 1. The fraction of sp³-hybridized carbons (Fsp3) is 0.312. The molecular weight excluding hydrogens is 286 g/mol. The number of halogens is 1. The summed E-state index contributed by atoms with van der Waals surface area (Å²) in [5, 5.41) is 0. The summed E-state index contributed by atoms with van der Waals surface area (Å²) >= 11 is 3.88. The number of rotatable bonds is 1. The minimum absolute atomic E-state index is 0.224. The van der Waals surface area contributed by atoms with Crippen molar-refractivity contribution in [3.05, 3.63) is 66.0 Å². The van der Waals surface area contributed by atoms with Gasteiger partial charge in [0.05, 0.1) is 10.2 Å². The quantitative estimate of drug-likeness (QED) is 0.561. The van der Waals surface area contributed by atoms with Gasteiger partial charge in [0, 0.05) is 18.6 Å². The molecule has 1 aliphatic carbocycles. The van der Waals surface area contributed by atoms with Crippen molar-refractivity contribution in [2.45, 2.75) is 29.1 Å². The summed E-state index contributed by atoms with van der Waals surface area (Å²) in [6.45, 7) is 0. The highest BCUT2D eigenvalue weighted by atomic mass is 79.9. The van der Waals surface area contributed by atoms with E-state index in [2.05, 4.69) is 75.2 Å². The Morgan fingerprint density at radius 3 is 2.61 bits per heavy atom. The molecule has 2 heteroatoms. The number of pyridine rings is 1. The summed E-state index contributed by atoms with van der Waals surface area (Å²) in [5.41, 5.74) is 3.17. The maximum Gasteiger partial charge on any atom is 0.192 e. The molecule has 1 aromatic heterocycles. The van der Waals surface area contributed by atoms with Crippen molar-refractivity contribution in [2.24, 2.45) is 0 Å². The maximum absolute atomic E-state index is 3.88. The van der Waals surface area contributed by atoms with Crippen molar-refractivity contribution in [1.82, 2.24) is 0 Å². The molecule has 2 aliphatic rings. The Bertz CT molecular complexity index is 595. The molecule has 0 spiro atoms. The Morgan fingerprint density at radius 1 is 1.00 bits per heavy atom. The molecule has 2 bridgehead atoms. The lowest BCUT2D eigenvalue weighted by Gasteiger charge is -2.25. The number of aromatic nitrogens is 1. The molecule has 18 heavy (non-hydrogen) atoms. The number of nitrogens with zero attached hydrogens (tertiary/aromatic N) is 1. The number of fused-ring (bicyclic) bond motifs is 5. The first-order chi connectivity index (χ1) is 8.81. The Morgan fingerprint density at radius 2 is 1.78 bits per heavy atom. The summed E-state index contributed by atoms with van der Waals surface area (Å²) in [5.74, 6) is 0. The van der Waals surface area contributed by atoms with Crippen LogP contribution in [0, 0.1) is 0 Å². The lowest BCUT2D eigenvalue weighted by molar-refractivity contribution is -0.718. The van der Waals surface area contributed by atoms with Crippen LogP contribution in [0.4, 0.5) is 0 Å². The minimum atomic E-state index is 0.224. The molecule has 2 aromatic rings. The smallest absolute Gasteiger partial charge is 0.192 e. The summed E-state index contributed by atoms with van der Waals surface area (Å²) in [4.78, 5) is 0.595. The highest BCUT2D eigenvalue weighted by Crippen LogP contribution is 2.54. The molecule has 1 nitrogen and oxygen atoms in total. The zero-order valence-electron chi connectivity index (χ0n) is 10.1. The molecule has 3 atom stereocenters. The van der Waals surface area contributed by atoms with E-state index in [-0.39, 0.29) is 5.41 Å². The van der Waals surface area contributed by atoms with Crippen molar-refractivity contribution in [3.63, 3.8) is 0 Å². The number of hydrogen-bond donors (Lipinski definition) is 0. The molecule has 0 saturated heterocycles. The van der Waals surface area contributed by atoms with E-state index in [1.807, 2.05) is 0 Å². The molecule has 1 aliphatic heterocycles. The van der Waals surface area contributed by atoms with Gasteiger partial charge in [0.1, 0.15) is 0 Å². The fourth-order valence-electron chi connectivity index (χ4n) is 3.81. The van der Waals surface area contributed by atoms with E-state index in [1.165, 1.54) is 24.1 Å². The Hall–Kier alpha value is -1.15. The molecular formula is C16H15BrN+. The van der Waals surface area contributed by atoms with Crippen molar-refractivity contribution in [2.75, 3.05) is 0 Å². The van der Waals surface area contributed by atoms with Crippen LogP contribution in [-0.4, -0.2) is 4.83 Å². The van der Waals surface area contributed by atoms with Crippen molar-refractivity contribution >= 4 is 15.9 Å². The van der Waals surface area contributed by atoms with E-state index in [0.717, 1.165) is 0 Å². The van der Waals surface area contributed by atoms with Crippen LogP contribution in [0.3, 0.4) is 0 Å². The second-order valence-corrected chi connectivity index (χ2v) is 6.61. The Kier molecular flexibility index (Phi) is 2.19. The average Bonchev–Trinajstić information content (AvgIpc) is 2.94. The standard InChI is InChI=1S/C16H15BrN/c17-13-10-16(12-6-2-1-3-7-12)11-14(13)18-9-5-4-8-15(16)18/h1-9,13-14H,10-11H2/q+1/t13-,14+,16+/m1/s1. The first kappa shape index (κ1) is 10.7. The van der Waals surface area contributed by atoms with E-state index in [1.54, 1.807) is 0 Å². The summed E-state index contributed by atoms with van der Waals surface area (Å²) in [7, 11) is 0. The van der Waals surface area contributed by atoms with Crippen molar-refractivity contribution in [1.29, 1.82) is 0 Å². The van der Waals surface area contributed by atoms with E-state index in [0.29, 0.717) is 10.9 Å². The van der Waals surface area contributed by atoms with Crippen LogP contribution in [0.15, 0.2) is 54.7 Å². The van der Waals surface area contributed by atoms with Gasteiger partial charge in [-0.3, -0.25) is 0 Å². The third-order valence-electron chi connectivity index (χ3n) is 4.58. The van der Waals surface area contributed by atoms with Crippen LogP contribution in [-0.2, 0) is 5.41 Å². The summed E-state index contributed by atoms with van der Waals surface area (Å²) in [6.07, 6.45) is 4.68. The second-order valence-electron chi connectivity index (χ2n) is 5.43. The van der Waals surface area contributed by atoms with E-state index < -0.39 is 0 Å². The molecule has 1 fully saturated rings. The van der Waals surface area contributed by atoms with Crippen LogP contribution in [0.5, 0.6) is 0 Å². The first-order valence-electron chi connectivity index (χ1n) is 6.51. The molecule has 4 rings (SSSR count). The van der Waals surface area contributed by atoms with E-state index >= 15 is 0 Å². The van der Waals surface area contributed by atoms with Crippen LogP contribution in [0.2, 0.25) is 0 Å². The Balaban J connectivity index is 1.96. The second kappa shape index (κ2) is 3.67. The predicted octanol–water partition coefficient (Wildman–Crippen LogP) is 3.37. The first-order valence-corrected chi connectivity index (χ1v) is 7.43. The third kappa shape index (κ3) is 1.24. The normalized spacial score (nSPS) is 32.5. The highest BCUT2D eigenvalue weighted by Gasteiger charge is 2.60. The lowest BCUT2D eigenvalue weighted by atomic mass is 9.77. The van der Waals surface area contributed by atoms with Gasteiger partial charge in [-0.05, 0) is 12.0 Å². The Labute approximate surface area is 116 Å². The highest BCUT2D eigenvalue weighted by molar-refractivity contribution is 9.09. The predicted molar refractivity (Wildman–Crippen MR) is 74.8 cm³/mol. The number of hydrogen-bond acceptors (Lipinski definition) is 0. The zero-order chi connectivity index (χ0) is 12.2. The van der Waals surface area contributed by atoms with Gasteiger partial charge in [0.15, 0.2) is 17.9 Å². The topological polar surface area (TPSA) is 3.88 Å². The van der Waals surface area contributed by atoms with Gasteiger partial charge in [0.25, 0.3) is 0 Å². The van der Waals surface area contributed by atoms with Crippen LogP contribution < -0.4 is 4.57 Å². The lowest BCUT2D eigenvalue weighted by Crippen LogP contribution is -2.46. The van der Waals surface area contributed by atoms with E-state index in [4.69, 9.17) is 0 Å². The molecule has 0 N–H and O–H groups in total. The molecule has 1 saturated carbocycles. The SMILES string of the molecule is Br[C@@H]1C[C@@]2(c3ccccc3)C[C@@H]1[n+]1ccccc12. The molecule has 1 aromatic carbocycles. The van der Waals surface area contributed by atoms with Gasteiger partial charge in [-0.25, -0.2) is 0 Å². The van der Waals surface area contributed by atoms with E-state index in [9.17, 15) is 0 Å². The summed E-state index contributed by atoms with van der Waals surface area (Å²) in [6, 6.07) is 18.2. The maximum atomic E-state index is 3.88. The third-order valence-corrected chi connectivity index (χ3v) is 5.52. The van der Waals surface area contributed by atoms with Gasteiger partial charge in [-0.2, -0.15) is 4.57 Å². The van der Waals surface area contributed by atoms with Gasteiger partial charge >= 0.3 is 0 Å². The molecule has 2 heterocycles. The van der Waals surface area contributed by atoms with Gasteiger partial charge in [-0.15, -0.1) is 0 Å². The molecule has 0 amide bonds. The van der Waals surface area contributed by atoms with Crippen molar-refractivity contribution < 1.29 is 4.57 Å². The molecule has 0 unspecified atom stereocenters.